The van der Waals surface area contributed by atoms with Gasteiger partial charge in [-0.1, -0.05) is 80.1 Å². The van der Waals surface area contributed by atoms with Crippen molar-refractivity contribution in [3.05, 3.63) is 83.4 Å². The number of nitrogens with zero attached hydrogens (tertiary/aromatic N) is 3. The van der Waals surface area contributed by atoms with E-state index in [-0.39, 0.29) is 42.0 Å². The topological polar surface area (TPSA) is 81.2 Å². The summed E-state index contributed by atoms with van der Waals surface area (Å²) >= 11 is 8.18. The molecule has 7 nitrogen and oxygen atoms in total. The quantitative estimate of drug-likeness (QED) is 0.519. The van der Waals surface area contributed by atoms with Gasteiger partial charge in [-0.05, 0) is 36.6 Å². The number of thioether (sulfide) groups is 1. The first-order valence-electron chi connectivity index (χ1n) is 14.1. The molecule has 6 atom stereocenters. The van der Waals surface area contributed by atoms with Crippen molar-refractivity contribution in [2.24, 2.45) is 17.8 Å². The Kier molecular flexibility index (Phi) is 7.29. The smallest absolute Gasteiger partial charge is 0.251 e. The van der Waals surface area contributed by atoms with E-state index >= 15 is 0 Å². The number of carbonyl (C=O) groups is 3. The Hall–Kier alpha value is -3.07. The zero-order valence-electron chi connectivity index (χ0n) is 23.3. The van der Waals surface area contributed by atoms with Crippen molar-refractivity contribution in [2.45, 2.75) is 42.9 Å². The predicted octanol–water partition coefficient (Wildman–Crippen LogP) is 4.47. The number of hydrogen-bond donors (Lipinski definition) is 1. The molecule has 0 radical (unpaired) electrons. The molecule has 41 heavy (non-hydrogen) atoms. The summed E-state index contributed by atoms with van der Waals surface area (Å²) in [5, 5.41) is 10.7. The SMILES string of the molecule is Cc1cccc(Cl)c1N1CC=C[C@]23S[C@@H]4C=CCN(c5ccccc5)C(=O)[C@@H]4[C@H]2C(=O)N([C@@H](CO)C(C)C)C3C1=O. The molecule has 1 unspecified atom stereocenters. The molecular weight excluding hydrogens is 558 g/mol. The Morgan fingerprint density at radius 3 is 2.39 bits per heavy atom. The summed E-state index contributed by atoms with van der Waals surface area (Å²) in [6, 6.07) is 13.5. The molecule has 0 aliphatic carbocycles. The van der Waals surface area contributed by atoms with Crippen LogP contribution in [0.5, 0.6) is 0 Å². The molecule has 3 amide bonds. The van der Waals surface area contributed by atoms with Crippen LogP contribution < -0.4 is 9.80 Å². The lowest BCUT2D eigenvalue weighted by atomic mass is 9.78. The second-order valence-corrected chi connectivity index (χ2v) is 13.4. The minimum Gasteiger partial charge on any atom is -0.394 e. The summed E-state index contributed by atoms with van der Waals surface area (Å²) in [5.74, 6) is -2.15. The maximum atomic E-state index is 14.7. The van der Waals surface area contributed by atoms with Gasteiger partial charge >= 0.3 is 0 Å². The monoisotopic (exact) mass is 591 g/mol. The van der Waals surface area contributed by atoms with Gasteiger partial charge in [0.2, 0.25) is 11.8 Å². The average Bonchev–Trinajstić information content (AvgIpc) is 3.26. The Bertz CT molecular complexity index is 1430. The summed E-state index contributed by atoms with van der Waals surface area (Å²) < 4.78 is -0.977. The van der Waals surface area contributed by atoms with Crippen molar-refractivity contribution in [2.75, 3.05) is 29.5 Å². The second kappa shape index (κ2) is 10.6. The fraction of sp³-hybridized carbons (Fsp3) is 0.406. The fourth-order valence-electron chi connectivity index (χ4n) is 7.06. The lowest BCUT2D eigenvalue weighted by molar-refractivity contribution is -0.142. The highest BCUT2D eigenvalue weighted by Crippen LogP contribution is 2.62. The minimum absolute atomic E-state index is 0.110. The van der Waals surface area contributed by atoms with Gasteiger partial charge in [-0.2, -0.15) is 0 Å². The number of benzene rings is 2. The predicted molar refractivity (Wildman–Crippen MR) is 163 cm³/mol. The van der Waals surface area contributed by atoms with Gasteiger partial charge in [0.05, 0.1) is 39.9 Å². The van der Waals surface area contributed by atoms with E-state index in [2.05, 4.69) is 0 Å². The van der Waals surface area contributed by atoms with Crippen LogP contribution in [0.15, 0.2) is 72.8 Å². The van der Waals surface area contributed by atoms with Crippen LogP contribution in [0.25, 0.3) is 0 Å². The summed E-state index contributed by atoms with van der Waals surface area (Å²) in [7, 11) is 0. The van der Waals surface area contributed by atoms with Crippen LogP contribution in [0.4, 0.5) is 11.4 Å². The van der Waals surface area contributed by atoms with E-state index in [0.29, 0.717) is 17.3 Å². The molecule has 1 spiro atoms. The maximum absolute atomic E-state index is 14.7. The van der Waals surface area contributed by atoms with Gasteiger partial charge < -0.3 is 19.8 Å². The number of aryl methyl sites for hydroxylation is 1. The zero-order valence-corrected chi connectivity index (χ0v) is 24.9. The summed E-state index contributed by atoms with van der Waals surface area (Å²) in [6.07, 6.45) is 7.95. The second-order valence-electron chi connectivity index (χ2n) is 11.6. The molecule has 6 rings (SSSR count). The molecule has 0 saturated carbocycles. The standard InChI is InChI=1S/C32H34ClN3O4S/c1-19(2)23(18-37)36-28-31(40)35(27-20(3)10-7-13-22(27)33)17-9-15-32(28)26(30(36)39)25-24(41-32)14-8-16-34(29(25)38)21-11-5-4-6-12-21/h4-15,19,23-26,28,37H,16-18H2,1-3H3/t23-,24+,25-,26-,28?,32-/m0/s1. The molecule has 2 aromatic carbocycles. The number of halogens is 1. The number of likely N-dealkylation sites (tertiary alicyclic amines) is 1. The van der Waals surface area contributed by atoms with Crippen LogP contribution in [-0.4, -0.2) is 69.5 Å². The average molecular weight is 592 g/mol. The summed E-state index contributed by atoms with van der Waals surface area (Å²) in [5.41, 5.74) is 2.24. The van der Waals surface area contributed by atoms with E-state index < -0.39 is 28.7 Å². The van der Waals surface area contributed by atoms with Crippen molar-refractivity contribution >= 4 is 52.5 Å². The number of aliphatic hydroxyl groups excluding tert-OH is 1. The van der Waals surface area contributed by atoms with E-state index in [0.717, 1.165) is 11.3 Å². The minimum atomic E-state index is -0.977. The van der Waals surface area contributed by atoms with Gasteiger partial charge in [-0.15, -0.1) is 11.8 Å². The van der Waals surface area contributed by atoms with Crippen molar-refractivity contribution in [1.82, 2.24) is 4.90 Å². The molecule has 1 N–H and O–H groups in total. The molecule has 2 fully saturated rings. The van der Waals surface area contributed by atoms with Crippen molar-refractivity contribution in [3.8, 4) is 0 Å². The number of aliphatic hydroxyl groups is 1. The number of amides is 3. The molecule has 0 bridgehead atoms. The van der Waals surface area contributed by atoms with Crippen LogP contribution >= 0.6 is 23.4 Å². The van der Waals surface area contributed by atoms with Crippen LogP contribution in [-0.2, 0) is 14.4 Å². The van der Waals surface area contributed by atoms with Gasteiger partial charge in [0.25, 0.3) is 5.91 Å². The highest BCUT2D eigenvalue weighted by atomic mass is 35.5. The third-order valence-electron chi connectivity index (χ3n) is 8.94. The number of hydrogen-bond acceptors (Lipinski definition) is 5. The maximum Gasteiger partial charge on any atom is 0.251 e. The summed E-state index contributed by atoms with van der Waals surface area (Å²) in [6.45, 7) is 6.21. The number of anilines is 2. The zero-order chi connectivity index (χ0) is 29.1. The normalized spacial score (nSPS) is 29.9. The van der Waals surface area contributed by atoms with E-state index in [1.54, 1.807) is 20.8 Å². The Labute approximate surface area is 249 Å². The van der Waals surface area contributed by atoms with E-state index in [1.807, 2.05) is 87.5 Å². The van der Waals surface area contributed by atoms with E-state index in [1.165, 1.54) is 11.8 Å². The molecule has 2 saturated heterocycles. The molecule has 9 heteroatoms. The van der Waals surface area contributed by atoms with Gasteiger partial charge in [-0.3, -0.25) is 14.4 Å². The van der Waals surface area contributed by atoms with Crippen LogP contribution in [0.3, 0.4) is 0 Å². The Balaban J connectivity index is 1.50. The molecular formula is C32H34ClN3O4S. The summed E-state index contributed by atoms with van der Waals surface area (Å²) in [4.78, 5) is 48.7. The molecule has 214 valence electrons. The van der Waals surface area contributed by atoms with Gasteiger partial charge in [0, 0.05) is 24.0 Å². The number of rotatable bonds is 5. The molecule has 4 aliphatic rings. The first-order valence-corrected chi connectivity index (χ1v) is 15.3. The Morgan fingerprint density at radius 1 is 0.976 bits per heavy atom. The Morgan fingerprint density at radius 2 is 1.71 bits per heavy atom. The lowest BCUT2D eigenvalue weighted by Gasteiger charge is -2.40. The molecule has 2 aromatic rings. The third kappa shape index (κ3) is 4.25. The van der Waals surface area contributed by atoms with Gasteiger partial charge in [0.15, 0.2) is 0 Å². The first-order chi connectivity index (χ1) is 19.7. The number of carbonyl (C=O) groups excluding carboxylic acids is 3. The lowest BCUT2D eigenvalue weighted by Crippen LogP contribution is -2.57. The largest absolute Gasteiger partial charge is 0.394 e. The first kappa shape index (κ1) is 28.1. The van der Waals surface area contributed by atoms with E-state index in [9.17, 15) is 19.5 Å². The van der Waals surface area contributed by atoms with Crippen LogP contribution in [0, 0.1) is 24.7 Å². The van der Waals surface area contributed by atoms with E-state index in [4.69, 9.17) is 11.6 Å². The van der Waals surface area contributed by atoms with Gasteiger partial charge in [0.1, 0.15) is 6.04 Å². The fourth-order valence-corrected chi connectivity index (χ4v) is 9.38. The molecule has 4 heterocycles. The highest BCUT2D eigenvalue weighted by Gasteiger charge is 2.72. The molecule has 4 aliphatic heterocycles. The highest BCUT2D eigenvalue weighted by molar-refractivity contribution is 8.02. The van der Waals surface area contributed by atoms with Crippen LogP contribution in [0.2, 0.25) is 5.02 Å². The van der Waals surface area contributed by atoms with Crippen LogP contribution in [0.1, 0.15) is 19.4 Å². The van der Waals surface area contributed by atoms with Gasteiger partial charge in [-0.25, -0.2) is 0 Å². The van der Waals surface area contributed by atoms with Crippen molar-refractivity contribution in [3.63, 3.8) is 0 Å². The number of fused-ring (bicyclic) bond motifs is 2. The third-order valence-corrected chi connectivity index (χ3v) is 11.0. The number of para-hydroxylation sites is 2. The van der Waals surface area contributed by atoms with Crippen molar-refractivity contribution < 1.29 is 19.5 Å². The van der Waals surface area contributed by atoms with Crippen molar-refractivity contribution in [1.29, 1.82) is 0 Å². The molecule has 0 aromatic heterocycles.